The highest BCUT2D eigenvalue weighted by Crippen LogP contribution is 2.36. The van der Waals surface area contributed by atoms with E-state index in [1.165, 1.54) is 10.4 Å². The molecule has 3 nitrogen and oxygen atoms in total. The number of methoxy groups -OCH3 is 1. The number of aryl methyl sites for hydroxylation is 1. The Kier molecular flexibility index (Phi) is 3.45. The normalized spacial score (nSPS) is 27.3. The summed E-state index contributed by atoms with van der Waals surface area (Å²) in [5.41, 5.74) is 1.50. The average molecular weight is 267 g/mol. The van der Waals surface area contributed by atoms with Crippen molar-refractivity contribution < 1.29 is 9.47 Å². The molecule has 3 heterocycles. The lowest BCUT2D eigenvalue weighted by molar-refractivity contribution is -0.195. The topological polar surface area (TPSA) is 21.7 Å². The van der Waals surface area contributed by atoms with E-state index in [1.54, 1.807) is 0 Å². The van der Waals surface area contributed by atoms with Crippen molar-refractivity contribution in [2.45, 2.75) is 38.0 Å². The Morgan fingerprint density at radius 2 is 2.39 bits per heavy atom. The van der Waals surface area contributed by atoms with Gasteiger partial charge in [0.1, 0.15) is 0 Å². The van der Waals surface area contributed by atoms with Crippen molar-refractivity contribution in [2.75, 3.05) is 26.8 Å². The standard InChI is InChI=1S/C14H21NO2S/c1-11-4-6-18-13(11)8-15-9-14(10-15)7-12(16-2)3-5-17-14/h4,6,12H,3,5,7-10H2,1-2H3/t12-/m0/s1. The summed E-state index contributed by atoms with van der Waals surface area (Å²) in [5.74, 6) is 0. The third kappa shape index (κ3) is 2.35. The van der Waals surface area contributed by atoms with E-state index >= 15 is 0 Å². The quantitative estimate of drug-likeness (QED) is 0.839. The first-order valence-corrected chi connectivity index (χ1v) is 7.51. The Balaban J connectivity index is 1.55. The zero-order valence-corrected chi connectivity index (χ0v) is 12.0. The molecule has 0 N–H and O–H groups in total. The van der Waals surface area contributed by atoms with Crippen LogP contribution in [0, 0.1) is 6.92 Å². The minimum atomic E-state index is 0.0874. The van der Waals surface area contributed by atoms with Gasteiger partial charge in [0, 0.05) is 44.6 Å². The summed E-state index contributed by atoms with van der Waals surface area (Å²) in [4.78, 5) is 3.97. The minimum Gasteiger partial charge on any atom is -0.381 e. The molecule has 0 amide bonds. The lowest BCUT2D eigenvalue weighted by atomic mass is 9.84. The third-order valence-corrected chi connectivity index (χ3v) is 5.15. The van der Waals surface area contributed by atoms with Crippen molar-refractivity contribution in [1.82, 2.24) is 4.90 Å². The SMILES string of the molecule is CO[C@H]1CCOC2(C1)CN(Cc1sccc1C)C2. The number of nitrogens with zero attached hydrogens (tertiary/aromatic N) is 1. The molecule has 2 saturated heterocycles. The summed E-state index contributed by atoms with van der Waals surface area (Å²) >= 11 is 1.86. The smallest absolute Gasteiger partial charge is 0.0959 e. The molecule has 18 heavy (non-hydrogen) atoms. The van der Waals surface area contributed by atoms with Gasteiger partial charge in [-0.2, -0.15) is 0 Å². The first-order chi connectivity index (χ1) is 8.71. The van der Waals surface area contributed by atoms with Crippen LogP contribution in [0.2, 0.25) is 0 Å². The van der Waals surface area contributed by atoms with Crippen LogP contribution < -0.4 is 0 Å². The molecule has 1 aromatic rings. The van der Waals surface area contributed by atoms with Crippen LogP contribution in [0.15, 0.2) is 11.4 Å². The molecule has 0 saturated carbocycles. The monoisotopic (exact) mass is 267 g/mol. The molecule has 0 unspecified atom stereocenters. The molecule has 1 aromatic heterocycles. The molecule has 3 rings (SSSR count). The van der Waals surface area contributed by atoms with Gasteiger partial charge in [0.15, 0.2) is 0 Å². The van der Waals surface area contributed by atoms with Crippen LogP contribution in [0.1, 0.15) is 23.3 Å². The highest BCUT2D eigenvalue weighted by molar-refractivity contribution is 7.10. The predicted molar refractivity (Wildman–Crippen MR) is 73.0 cm³/mol. The Hall–Kier alpha value is -0.420. The Morgan fingerprint density at radius 3 is 3.06 bits per heavy atom. The Labute approximate surface area is 113 Å². The van der Waals surface area contributed by atoms with Crippen molar-refractivity contribution >= 4 is 11.3 Å². The van der Waals surface area contributed by atoms with Crippen LogP contribution in [0.25, 0.3) is 0 Å². The zero-order chi connectivity index (χ0) is 12.6. The first-order valence-electron chi connectivity index (χ1n) is 6.63. The molecule has 2 fully saturated rings. The molecule has 4 heteroatoms. The second-order valence-electron chi connectivity index (χ2n) is 5.55. The number of ether oxygens (including phenoxy) is 2. The zero-order valence-electron chi connectivity index (χ0n) is 11.1. The van der Waals surface area contributed by atoms with Gasteiger partial charge in [-0.3, -0.25) is 4.90 Å². The van der Waals surface area contributed by atoms with Crippen molar-refractivity contribution in [3.05, 3.63) is 21.9 Å². The molecule has 2 aliphatic rings. The van der Waals surface area contributed by atoms with E-state index in [4.69, 9.17) is 9.47 Å². The average Bonchev–Trinajstić information content (AvgIpc) is 2.73. The van der Waals surface area contributed by atoms with Gasteiger partial charge in [-0.25, -0.2) is 0 Å². The largest absolute Gasteiger partial charge is 0.381 e. The maximum Gasteiger partial charge on any atom is 0.0959 e. The molecular weight excluding hydrogens is 246 g/mol. The van der Waals surface area contributed by atoms with Gasteiger partial charge in [0.25, 0.3) is 0 Å². The third-order valence-electron chi connectivity index (χ3n) is 4.14. The number of hydrogen-bond acceptors (Lipinski definition) is 4. The van der Waals surface area contributed by atoms with E-state index in [1.807, 2.05) is 18.4 Å². The van der Waals surface area contributed by atoms with Gasteiger partial charge in [-0.05, 0) is 30.4 Å². The second kappa shape index (κ2) is 4.93. The molecule has 0 aromatic carbocycles. The molecule has 1 spiro atoms. The Bertz CT molecular complexity index is 412. The minimum absolute atomic E-state index is 0.0874. The summed E-state index contributed by atoms with van der Waals surface area (Å²) < 4.78 is 11.5. The van der Waals surface area contributed by atoms with Gasteiger partial charge >= 0.3 is 0 Å². The van der Waals surface area contributed by atoms with Gasteiger partial charge in [-0.1, -0.05) is 0 Å². The number of thiophene rings is 1. The summed E-state index contributed by atoms with van der Waals surface area (Å²) in [6.45, 7) is 6.24. The molecule has 1 atom stereocenters. The summed E-state index contributed by atoms with van der Waals surface area (Å²) in [5, 5.41) is 2.18. The number of likely N-dealkylation sites (tertiary alicyclic amines) is 1. The second-order valence-corrected chi connectivity index (χ2v) is 6.55. The van der Waals surface area contributed by atoms with E-state index in [9.17, 15) is 0 Å². The number of hydrogen-bond donors (Lipinski definition) is 0. The fourth-order valence-corrected chi connectivity index (χ4v) is 4.00. The van der Waals surface area contributed by atoms with Crippen LogP contribution in [-0.4, -0.2) is 43.4 Å². The summed E-state index contributed by atoms with van der Waals surface area (Å²) in [7, 11) is 1.81. The van der Waals surface area contributed by atoms with E-state index in [0.717, 1.165) is 39.1 Å². The van der Waals surface area contributed by atoms with Crippen LogP contribution in [0.3, 0.4) is 0 Å². The molecular formula is C14H21NO2S. The van der Waals surface area contributed by atoms with Crippen molar-refractivity contribution in [2.24, 2.45) is 0 Å². The van der Waals surface area contributed by atoms with Crippen molar-refractivity contribution in [3.63, 3.8) is 0 Å². The lowest BCUT2D eigenvalue weighted by Gasteiger charge is -2.53. The maximum atomic E-state index is 5.99. The van der Waals surface area contributed by atoms with Crippen LogP contribution in [0.5, 0.6) is 0 Å². The molecule has 0 aliphatic carbocycles. The maximum absolute atomic E-state index is 5.99. The molecule has 0 radical (unpaired) electrons. The fourth-order valence-electron chi connectivity index (χ4n) is 3.05. The van der Waals surface area contributed by atoms with Gasteiger partial charge < -0.3 is 9.47 Å². The van der Waals surface area contributed by atoms with Gasteiger partial charge in [0.2, 0.25) is 0 Å². The van der Waals surface area contributed by atoms with E-state index < -0.39 is 0 Å². The highest BCUT2D eigenvalue weighted by atomic mass is 32.1. The molecule has 100 valence electrons. The van der Waals surface area contributed by atoms with Crippen molar-refractivity contribution in [1.29, 1.82) is 0 Å². The van der Waals surface area contributed by atoms with Gasteiger partial charge in [0.05, 0.1) is 11.7 Å². The predicted octanol–water partition coefficient (Wildman–Crippen LogP) is 2.44. The van der Waals surface area contributed by atoms with Gasteiger partial charge in [-0.15, -0.1) is 11.3 Å². The van der Waals surface area contributed by atoms with Crippen molar-refractivity contribution in [3.8, 4) is 0 Å². The fraction of sp³-hybridized carbons (Fsp3) is 0.714. The van der Waals surface area contributed by atoms with Crippen LogP contribution >= 0.6 is 11.3 Å². The van der Waals surface area contributed by atoms with Crippen LogP contribution in [-0.2, 0) is 16.0 Å². The lowest BCUT2D eigenvalue weighted by Crippen LogP contribution is -2.65. The highest BCUT2D eigenvalue weighted by Gasteiger charge is 2.47. The van der Waals surface area contributed by atoms with E-state index in [-0.39, 0.29) is 5.60 Å². The Morgan fingerprint density at radius 1 is 1.56 bits per heavy atom. The summed E-state index contributed by atoms with van der Waals surface area (Å²) in [6.07, 6.45) is 2.50. The molecule has 0 bridgehead atoms. The molecule has 2 aliphatic heterocycles. The number of rotatable bonds is 3. The first kappa shape index (κ1) is 12.6. The summed E-state index contributed by atoms with van der Waals surface area (Å²) in [6, 6.07) is 2.20. The van der Waals surface area contributed by atoms with Crippen LogP contribution in [0.4, 0.5) is 0 Å². The van der Waals surface area contributed by atoms with E-state index in [0.29, 0.717) is 6.10 Å². The van der Waals surface area contributed by atoms with E-state index in [2.05, 4.69) is 23.3 Å².